The highest BCUT2D eigenvalue weighted by Crippen LogP contribution is 2.28. The van der Waals surface area contributed by atoms with Crippen LogP contribution < -0.4 is 14.8 Å². The predicted molar refractivity (Wildman–Crippen MR) is 86.8 cm³/mol. The first-order valence-corrected chi connectivity index (χ1v) is 7.35. The molecule has 0 aliphatic rings. The van der Waals surface area contributed by atoms with E-state index in [9.17, 15) is 4.79 Å². The van der Waals surface area contributed by atoms with E-state index < -0.39 is 0 Å². The average Bonchev–Trinajstić information content (AvgIpc) is 2.53. The number of methoxy groups -OCH3 is 1. The first-order chi connectivity index (χ1) is 10.6. The SMILES string of the molecule is CCOc1ccc(C(=O)NCc2cccc(Cl)c2)cc1OC. The molecular formula is C17H18ClNO3. The molecule has 2 aromatic rings. The van der Waals surface area contributed by atoms with Gasteiger partial charge in [-0.15, -0.1) is 0 Å². The molecule has 0 heterocycles. The summed E-state index contributed by atoms with van der Waals surface area (Å²) in [6.45, 7) is 2.84. The Morgan fingerprint density at radius 3 is 2.68 bits per heavy atom. The molecule has 1 amide bonds. The van der Waals surface area contributed by atoms with E-state index in [4.69, 9.17) is 21.1 Å². The summed E-state index contributed by atoms with van der Waals surface area (Å²) in [4.78, 5) is 12.2. The van der Waals surface area contributed by atoms with E-state index >= 15 is 0 Å². The van der Waals surface area contributed by atoms with Crippen LogP contribution in [0.3, 0.4) is 0 Å². The Kier molecular flexibility index (Phi) is 5.67. The summed E-state index contributed by atoms with van der Waals surface area (Å²) < 4.78 is 10.7. The van der Waals surface area contributed by atoms with Gasteiger partial charge in [0, 0.05) is 17.1 Å². The molecule has 22 heavy (non-hydrogen) atoms. The Bertz CT molecular complexity index is 658. The molecule has 2 aromatic carbocycles. The summed E-state index contributed by atoms with van der Waals surface area (Å²) in [7, 11) is 1.55. The standard InChI is InChI=1S/C17H18ClNO3/c1-3-22-15-8-7-13(10-16(15)21-2)17(20)19-11-12-5-4-6-14(18)9-12/h4-10H,3,11H2,1-2H3,(H,19,20). The number of amides is 1. The maximum Gasteiger partial charge on any atom is 0.251 e. The molecule has 116 valence electrons. The van der Waals surface area contributed by atoms with E-state index in [0.29, 0.717) is 35.2 Å². The Balaban J connectivity index is 2.06. The normalized spacial score (nSPS) is 10.1. The molecule has 0 aromatic heterocycles. The van der Waals surface area contributed by atoms with E-state index in [-0.39, 0.29) is 5.91 Å². The molecule has 0 atom stereocenters. The van der Waals surface area contributed by atoms with Crippen LogP contribution in [0.4, 0.5) is 0 Å². The van der Waals surface area contributed by atoms with Crippen molar-refractivity contribution in [3.8, 4) is 11.5 Å². The Morgan fingerprint density at radius 2 is 2.00 bits per heavy atom. The summed E-state index contributed by atoms with van der Waals surface area (Å²) >= 11 is 5.92. The quantitative estimate of drug-likeness (QED) is 0.883. The van der Waals surface area contributed by atoms with Crippen molar-refractivity contribution in [2.75, 3.05) is 13.7 Å². The van der Waals surface area contributed by atoms with Crippen LogP contribution in [0, 0.1) is 0 Å². The number of halogens is 1. The molecule has 5 heteroatoms. The van der Waals surface area contributed by atoms with Gasteiger partial charge in [-0.25, -0.2) is 0 Å². The number of carbonyl (C=O) groups is 1. The van der Waals surface area contributed by atoms with Gasteiger partial charge in [-0.05, 0) is 42.8 Å². The van der Waals surface area contributed by atoms with Gasteiger partial charge in [0.2, 0.25) is 0 Å². The molecule has 2 rings (SSSR count). The van der Waals surface area contributed by atoms with Crippen LogP contribution >= 0.6 is 11.6 Å². The Labute approximate surface area is 135 Å². The fourth-order valence-electron chi connectivity index (χ4n) is 2.01. The zero-order valence-corrected chi connectivity index (χ0v) is 13.3. The number of carbonyl (C=O) groups excluding carboxylic acids is 1. The van der Waals surface area contributed by atoms with Crippen molar-refractivity contribution in [2.24, 2.45) is 0 Å². The molecule has 0 aliphatic heterocycles. The minimum atomic E-state index is -0.179. The third kappa shape index (κ3) is 4.15. The van der Waals surface area contributed by atoms with Crippen LogP contribution in [0.5, 0.6) is 11.5 Å². The Morgan fingerprint density at radius 1 is 1.18 bits per heavy atom. The number of nitrogens with one attached hydrogen (secondary N) is 1. The number of benzene rings is 2. The number of ether oxygens (including phenoxy) is 2. The van der Waals surface area contributed by atoms with E-state index in [2.05, 4.69) is 5.32 Å². The van der Waals surface area contributed by atoms with E-state index in [1.165, 1.54) is 0 Å². The van der Waals surface area contributed by atoms with E-state index in [1.807, 2.05) is 25.1 Å². The van der Waals surface area contributed by atoms with Crippen LogP contribution in [0.15, 0.2) is 42.5 Å². The predicted octanol–water partition coefficient (Wildman–Crippen LogP) is 3.68. The molecule has 4 nitrogen and oxygen atoms in total. The lowest BCUT2D eigenvalue weighted by molar-refractivity contribution is 0.0950. The molecule has 0 radical (unpaired) electrons. The van der Waals surface area contributed by atoms with Crippen LogP contribution in [0.2, 0.25) is 5.02 Å². The van der Waals surface area contributed by atoms with E-state index in [1.54, 1.807) is 31.4 Å². The smallest absolute Gasteiger partial charge is 0.251 e. The highest BCUT2D eigenvalue weighted by molar-refractivity contribution is 6.30. The summed E-state index contributed by atoms with van der Waals surface area (Å²) in [5, 5.41) is 3.50. The zero-order chi connectivity index (χ0) is 15.9. The molecule has 0 saturated carbocycles. The van der Waals surface area contributed by atoms with Crippen molar-refractivity contribution < 1.29 is 14.3 Å². The second kappa shape index (κ2) is 7.71. The fourth-order valence-corrected chi connectivity index (χ4v) is 2.23. The van der Waals surface area contributed by atoms with Crippen molar-refractivity contribution in [3.63, 3.8) is 0 Å². The van der Waals surface area contributed by atoms with Gasteiger partial charge in [0.05, 0.1) is 13.7 Å². The van der Waals surface area contributed by atoms with Gasteiger partial charge in [-0.3, -0.25) is 4.79 Å². The second-order valence-corrected chi connectivity index (χ2v) is 5.05. The van der Waals surface area contributed by atoms with Crippen LogP contribution in [0.1, 0.15) is 22.8 Å². The molecule has 0 bridgehead atoms. The summed E-state index contributed by atoms with van der Waals surface area (Å²) in [6.07, 6.45) is 0. The maximum atomic E-state index is 12.2. The van der Waals surface area contributed by atoms with Gasteiger partial charge in [0.15, 0.2) is 11.5 Å². The van der Waals surface area contributed by atoms with Crippen molar-refractivity contribution in [1.29, 1.82) is 0 Å². The first-order valence-electron chi connectivity index (χ1n) is 6.97. The fraction of sp³-hybridized carbons (Fsp3) is 0.235. The first kappa shape index (κ1) is 16.2. The van der Waals surface area contributed by atoms with Gasteiger partial charge in [0.25, 0.3) is 5.91 Å². The van der Waals surface area contributed by atoms with Gasteiger partial charge >= 0.3 is 0 Å². The summed E-state index contributed by atoms with van der Waals surface area (Å²) in [6, 6.07) is 12.5. The lowest BCUT2D eigenvalue weighted by Crippen LogP contribution is -2.22. The molecule has 0 spiro atoms. The molecule has 0 aliphatic carbocycles. The largest absolute Gasteiger partial charge is 0.493 e. The topological polar surface area (TPSA) is 47.6 Å². The highest BCUT2D eigenvalue weighted by Gasteiger charge is 2.10. The van der Waals surface area contributed by atoms with Crippen LogP contribution in [-0.2, 0) is 6.54 Å². The average molecular weight is 320 g/mol. The second-order valence-electron chi connectivity index (χ2n) is 4.61. The van der Waals surface area contributed by atoms with Gasteiger partial charge < -0.3 is 14.8 Å². The lowest BCUT2D eigenvalue weighted by Gasteiger charge is -2.11. The summed E-state index contributed by atoms with van der Waals surface area (Å²) in [5.41, 5.74) is 1.46. The van der Waals surface area contributed by atoms with Crippen molar-refractivity contribution in [1.82, 2.24) is 5.32 Å². The molecule has 0 fully saturated rings. The van der Waals surface area contributed by atoms with Crippen molar-refractivity contribution in [2.45, 2.75) is 13.5 Å². The zero-order valence-electron chi connectivity index (χ0n) is 12.6. The molecular weight excluding hydrogens is 302 g/mol. The third-order valence-electron chi connectivity index (χ3n) is 3.07. The van der Waals surface area contributed by atoms with Crippen LogP contribution in [0.25, 0.3) is 0 Å². The van der Waals surface area contributed by atoms with Crippen LogP contribution in [-0.4, -0.2) is 19.6 Å². The van der Waals surface area contributed by atoms with Crippen molar-refractivity contribution in [3.05, 3.63) is 58.6 Å². The summed E-state index contributed by atoms with van der Waals surface area (Å²) in [5.74, 6) is 0.981. The number of hydrogen-bond donors (Lipinski definition) is 1. The van der Waals surface area contributed by atoms with Gasteiger partial charge in [-0.1, -0.05) is 23.7 Å². The minimum absolute atomic E-state index is 0.179. The Hall–Kier alpha value is -2.20. The monoisotopic (exact) mass is 319 g/mol. The highest BCUT2D eigenvalue weighted by atomic mass is 35.5. The maximum absolute atomic E-state index is 12.2. The van der Waals surface area contributed by atoms with Crippen molar-refractivity contribution >= 4 is 17.5 Å². The van der Waals surface area contributed by atoms with Gasteiger partial charge in [0.1, 0.15) is 0 Å². The van der Waals surface area contributed by atoms with Gasteiger partial charge in [-0.2, -0.15) is 0 Å². The lowest BCUT2D eigenvalue weighted by atomic mass is 10.1. The molecule has 1 N–H and O–H groups in total. The molecule has 0 unspecified atom stereocenters. The number of rotatable bonds is 6. The third-order valence-corrected chi connectivity index (χ3v) is 3.30. The minimum Gasteiger partial charge on any atom is -0.493 e. The number of hydrogen-bond acceptors (Lipinski definition) is 3. The molecule has 0 saturated heterocycles. The van der Waals surface area contributed by atoms with E-state index in [0.717, 1.165) is 5.56 Å².